The van der Waals surface area contributed by atoms with Crippen molar-refractivity contribution in [2.24, 2.45) is 5.92 Å². The van der Waals surface area contributed by atoms with Crippen LogP contribution in [0.25, 0.3) is 0 Å². The van der Waals surface area contributed by atoms with Crippen LogP contribution in [0, 0.1) is 5.92 Å². The number of carboxylic acids is 2. The first-order valence-corrected chi connectivity index (χ1v) is 13.5. The standard InChI is InChI=1S/C29H27F6NO.C2H2O4/c30-28(31,32)23-15-19(16-24(17-23)29(33,34)35)18-37-27-22-11-13-36(14-12-22)26(27)25(20-7-3-1-4-8-20)21-9-5-2-6-10-21;3-1(4)2(5)6/h1-10,15-17,22,25-27H,11-14,18H2;(H,3,4)(H,5,6)/t26-,27+;/m1./s1. The lowest BCUT2D eigenvalue weighted by atomic mass is 9.72. The van der Waals surface area contributed by atoms with Crippen molar-refractivity contribution in [1.82, 2.24) is 4.90 Å². The molecule has 0 radical (unpaired) electrons. The molecule has 2 atom stereocenters. The van der Waals surface area contributed by atoms with Crippen LogP contribution in [0.1, 0.15) is 46.6 Å². The molecule has 3 saturated heterocycles. The Kier molecular flexibility index (Phi) is 9.81. The van der Waals surface area contributed by atoms with Crippen molar-refractivity contribution in [3.63, 3.8) is 0 Å². The maximum atomic E-state index is 13.4. The lowest BCUT2D eigenvalue weighted by Crippen LogP contribution is -2.60. The van der Waals surface area contributed by atoms with Crippen molar-refractivity contribution in [1.29, 1.82) is 0 Å². The van der Waals surface area contributed by atoms with E-state index in [1.165, 1.54) is 0 Å². The van der Waals surface area contributed by atoms with Crippen molar-refractivity contribution >= 4 is 11.9 Å². The van der Waals surface area contributed by atoms with Crippen molar-refractivity contribution in [3.05, 3.63) is 107 Å². The number of carbonyl (C=O) groups is 2. The Morgan fingerprint density at radius 3 is 1.60 bits per heavy atom. The summed E-state index contributed by atoms with van der Waals surface area (Å²) in [6, 6.07) is 21.6. The third-order valence-electron chi connectivity index (χ3n) is 7.73. The van der Waals surface area contributed by atoms with E-state index in [1.54, 1.807) is 0 Å². The van der Waals surface area contributed by atoms with E-state index in [9.17, 15) is 26.3 Å². The van der Waals surface area contributed by atoms with Crippen molar-refractivity contribution in [3.8, 4) is 0 Å². The summed E-state index contributed by atoms with van der Waals surface area (Å²) in [7, 11) is 0. The zero-order valence-corrected chi connectivity index (χ0v) is 22.7. The zero-order valence-electron chi connectivity index (χ0n) is 22.7. The second-order valence-corrected chi connectivity index (χ2v) is 10.5. The fourth-order valence-corrected chi connectivity index (χ4v) is 5.87. The third kappa shape index (κ3) is 7.94. The molecule has 43 heavy (non-hydrogen) atoms. The number of nitrogens with zero attached hydrogens (tertiary/aromatic N) is 1. The molecule has 3 heterocycles. The quantitative estimate of drug-likeness (QED) is 0.239. The topological polar surface area (TPSA) is 87.1 Å². The first-order chi connectivity index (χ1) is 20.3. The summed E-state index contributed by atoms with van der Waals surface area (Å²) < 4.78 is 86.6. The van der Waals surface area contributed by atoms with Gasteiger partial charge in [0.05, 0.1) is 23.8 Å². The van der Waals surface area contributed by atoms with Gasteiger partial charge in [-0.2, -0.15) is 26.3 Å². The predicted octanol–water partition coefficient (Wildman–Crippen LogP) is 6.69. The van der Waals surface area contributed by atoms with Crippen LogP contribution in [0.2, 0.25) is 0 Å². The van der Waals surface area contributed by atoms with E-state index in [0.29, 0.717) is 0 Å². The van der Waals surface area contributed by atoms with Crippen LogP contribution >= 0.6 is 0 Å². The van der Waals surface area contributed by atoms with Gasteiger partial charge in [-0.05, 0) is 66.7 Å². The van der Waals surface area contributed by atoms with Gasteiger partial charge in [-0.15, -0.1) is 0 Å². The summed E-state index contributed by atoms with van der Waals surface area (Å²) >= 11 is 0. The minimum atomic E-state index is -4.89. The second-order valence-electron chi connectivity index (χ2n) is 10.5. The number of ether oxygens (including phenoxy) is 1. The minimum Gasteiger partial charge on any atom is -0.473 e. The molecule has 2 bridgehead atoms. The van der Waals surface area contributed by atoms with Crippen LogP contribution in [0.3, 0.4) is 0 Å². The number of rotatable bonds is 6. The summed E-state index contributed by atoms with van der Waals surface area (Å²) in [5.74, 6) is -3.52. The van der Waals surface area contributed by atoms with Crippen LogP contribution < -0.4 is 0 Å². The van der Waals surface area contributed by atoms with Gasteiger partial charge in [-0.1, -0.05) is 60.7 Å². The molecule has 2 N–H and O–H groups in total. The number of fused-ring (bicyclic) bond motifs is 3. The van der Waals surface area contributed by atoms with Crippen molar-refractivity contribution < 1.29 is 50.9 Å². The van der Waals surface area contributed by atoms with Gasteiger partial charge in [0.15, 0.2) is 0 Å². The molecule has 0 unspecified atom stereocenters. The van der Waals surface area contributed by atoms with Gasteiger partial charge < -0.3 is 14.9 Å². The lowest BCUT2D eigenvalue weighted by molar-refractivity contribution is -0.159. The largest absolute Gasteiger partial charge is 0.473 e. The van der Waals surface area contributed by atoms with Crippen molar-refractivity contribution in [2.45, 2.75) is 49.9 Å². The molecular weight excluding hydrogens is 580 g/mol. The maximum Gasteiger partial charge on any atom is 0.416 e. The first kappa shape index (κ1) is 32.0. The van der Waals surface area contributed by atoms with Gasteiger partial charge in [-0.3, -0.25) is 4.90 Å². The van der Waals surface area contributed by atoms with E-state index in [4.69, 9.17) is 24.5 Å². The molecule has 6 nitrogen and oxygen atoms in total. The molecule has 12 heteroatoms. The van der Waals surface area contributed by atoms with Crippen molar-refractivity contribution in [2.75, 3.05) is 13.1 Å². The Hall–Kier alpha value is -3.90. The number of carboxylic acid groups (broad SMARTS) is 2. The monoisotopic (exact) mass is 609 g/mol. The highest BCUT2D eigenvalue weighted by Gasteiger charge is 2.47. The smallest absolute Gasteiger partial charge is 0.416 e. The molecule has 6 rings (SSSR count). The average Bonchev–Trinajstić information content (AvgIpc) is 2.97. The number of benzene rings is 3. The zero-order chi connectivity index (χ0) is 31.4. The number of alkyl halides is 6. The van der Waals surface area contributed by atoms with E-state index in [-0.39, 0.29) is 42.2 Å². The number of hydrogen-bond acceptors (Lipinski definition) is 4. The number of hydrogen-bond donors (Lipinski definition) is 2. The Morgan fingerprint density at radius 2 is 1.21 bits per heavy atom. The van der Waals surface area contributed by atoms with Gasteiger partial charge in [0, 0.05) is 12.0 Å². The van der Waals surface area contributed by atoms with Gasteiger partial charge in [-0.25, -0.2) is 9.59 Å². The summed E-state index contributed by atoms with van der Waals surface area (Å²) in [6.07, 6.45) is -8.35. The van der Waals surface area contributed by atoms with Crippen LogP contribution in [0.15, 0.2) is 78.9 Å². The summed E-state index contributed by atoms with van der Waals surface area (Å²) in [5, 5.41) is 14.8. The van der Waals surface area contributed by atoms with E-state index in [2.05, 4.69) is 29.2 Å². The Balaban J connectivity index is 0.000000641. The lowest BCUT2D eigenvalue weighted by Gasteiger charge is -2.53. The molecular formula is C31H29F6NO5. The molecule has 3 aliphatic rings. The minimum absolute atomic E-state index is 0.0530. The Labute approximate surface area is 243 Å². The van der Waals surface area contributed by atoms with E-state index < -0.39 is 35.4 Å². The highest BCUT2D eigenvalue weighted by Crippen LogP contribution is 2.44. The van der Waals surface area contributed by atoms with Crippen LogP contribution in [0.4, 0.5) is 26.3 Å². The number of piperidine rings is 3. The van der Waals surface area contributed by atoms with Crippen LogP contribution in [0.5, 0.6) is 0 Å². The summed E-state index contributed by atoms with van der Waals surface area (Å²) in [5.41, 5.74) is -0.583. The molecule has 3 aliphatic heterocycles. The maximum absolute atomic E-state index is 13.4. The summed E-state index contributed by atoms with van der Waals surface area (Å²) in [4.78, 5) is 20.6. The Morgan fingerprint density at radius 1 is 0.767 bits per heavy atom. The van der Waals surface area contributed by atoms with Crippen LogP contribution in [-0.4, -0.2) is 52.3 Å². The molecule has 3 fully saturated rings. The fourth-order valence-electron chi connectivity index (χ4n) is 5.87. The molecule has 3 aromatic carbocycles. The Bertz CT molecular complexity index is 1310. The third-order valence-corrected chi connectivity index (χ3v) is 7.73. The van der Waals surface area contributed by atoms with E-state index >= 15 is 0 Å². The highest BCUT2D eigenvalue weighted by molar-refractivity contribution is 6.27. The SMILES string of the molecule is FC(F)(F)c1cc(CO[C@H]2C3CCN(CC3)[C@@H]2C(c2ccccc2)c2ccccc2)cc(C(F)(F)F)c1.O=C(O)C(=O)O. The van der Waals surface area contributed by atoms with Gasteiger partial charge in [0.2, 0.25) is 0 Å². The second kappa shape index (κ2) is 13.2. The highest BCUT2D eigenvalue weighted by atomic mass is 19.4. The summed E-state index contributed by atoms with van der Waals surface area (Å²) in [6.45, 7) is 1.44. The van der Waals surface area contributed by atoms with E-state index in [1.807, 2.05) is 36.4 Å². The average molecular weight is 610 g/mol. The molecule has 0 amide bonds. The predicted molar refractivity (Wildman–Crippen MR) is 143 cm³/mol. The number of aliphatic carboxylic acids is 2. The van der Waals surface area contributed by atoms with Gasteiger partial charge in [0.1, 0.15) is 0 Å². The van der Waals surface area contributed by atoms with Gasteiger partial charge in [0.25, 0.3) is 0 Å². The molecule has 230 valence electrons. The molecule has 3 aromatic rings. The molecule has 0 aliphatic carbocycles. The normalized spacial score (nSPS) is 21.7. The first-order valence-electron chi connectivity index (χ1n) is 13.5. The number of halogens is 6. The molecule has 0 saturated carbocycles. The molecule has 0 aromatic heterocycles. The van der Waals surface area contributed by atoms with Gasteiger partial charge >= 0.3 is 24.3 Å². The fraction of sp³-hybridized carbons (Fsp3) is 0.355. The van der Waals surface area contributed by atoms with Crippen LogP contribution in [-0.2, 0) is 33.3 Å². The van der Waals surface area contributed by atoms with E-state index in [0.717, 1.165) is 49.2 Å². The molecule has 0 spiro atoms.